The highest BCUT2D eigenvalue weighted by Gasteiger charge is 2.74. The number of hydrogen-bond acceptors (Lipinski definition) is 3. The van der Waals surface area contributed by atoms with Crippen LogP contribution in [0.25, 0.3) is 0 Å². The Morgan fingerprint density at radius 2 is 1.86 bits per heavy atom. The van der Waals surface area contributed by atoms with Crippen molar-refractivity contribution in [1.82, 2.24) is 0 Å². The van der Waals surface area contributed by atoms with Gasteiger partial charge in [-0.05, 0) is 17.7 Å². The van der Waals surface area contributed by atoms with Crippen LogP contribution in [-0.4, -0.2) is 24.8 Å². The molecule has 0 unspecified atom stereocenters. The van der Waals surface area contributed by atoms with Gasteiger partial charge in [0.05, 0.1) is 6.61 Å². The number of benzene rings is 1. The van der Waals surface area contributed by atoms with Gasteiger partial charge in [-0.3, -0.25) is 9.59 Å². The lowest BCUT2D eigenvalue weighted by atomic mass is 9.95. The van der Waals surface area contributed by atoms with Crippen molar-refractivity contribution in [3.05, 3.63) is 34.9 Å². The van der Waals surface area contributed by atoms with Gasteiger partial charge in [0.2, 0.25) is 0 Å². The Labute approximate surface area is 128 Å². The van der Waals surface area contributed by atoms with Crippen molar-refractivity contribution in [2.24, 2.45) is 11.3 Å². The molecule has 0 aromatic heterocycles. The summed E-state index contributed by atoms with van der Waals surface area (Å²) in [7, 11) is 0. The van der Waals surface area contributed by atoms with Gasteiger partial charge >= 0.3 is 0 Å². The van der Waals surface area contributed by atoms with E-state index in [1.807, 2.05) is 12.1 Å². The first-order chi connectivity index (χ1) is 10.1. The number of carbonyl (C=O) groups excluding carboxylic acids is 2. The minimum atomic E-state index is -0.873. The minimum absolute atomic E-state index is 0.0433. The summed E-state index contributed by atoms with van der Waals surface area (Å²) in [4.78, 5) is 24.6. The third-order valence-corrected chi connectivity index (χ3v) is 4.83. The molecule has 21 heavy (non-hydrogen) atoms. The number of ketones is 2. The maximum absolute atomic E-state index is 12.3. The van der Waals surface area contributed by atoms with Crippen LogP contribution >= 0.6 is 11.6 Å². The zero-order valence-electron chi connectivity index (χ0n) is 11.5. The second kappa shape index (κ2) is 5.29. The second-order valence-electron chi connectivity index (χ2n) is 5.57. The van der Waals surface area contributed by atoms with Crippen molar-refractivity contribution < 1.29 is 14.3 Å². The number of rotatable bonds is 4. The lowest BCUT2D eigenvalue weighted by Gasteiger charge is -2.06. The molecule has 0 aliphatic heterocycles. The molecule has 0 bridgehead atoms. The van der Waals surface area contributed by atoms with Crippen LogP contribution < -0.4 is 0 Å². The Morgan fingerprint density at radius 1 is 1.24 bits per heavy atom. The summed E-state index contributed by atoms with van der Waals surface area (Å²) in [5, 5.41) is 0.637. The van der Waals surface area contributed by atoms with Gasteiger partial charge in [0, 0.05) is 29.7 Å². The molecule has 0 N–H and O–H groups in total. The molecule has 0 saturated heterocycles. The Morgan fingerprint density at radius 3 is 2.43 bits per heavy atom. The first-order valence-electron chi connectivity index (χ1n) is 6.95. The molecule has 0 heterocycles. The van der Waals surface area contributed by atoms with Gasteiger partial charge in [0.1, 0.15) is 23.6 Å². The second-order valence-corrected chi connectivity index (χ2v) is 6.01. The normalized spacial score (nSPS) is 26.1. The monoisotopic (exact) mass is 302 g/mol. The summed E-state index contributed by atoms with van der Waals surface area (Å²) >= 11 is 5.90. The number of hydrogen-bond donors (Lipinski definition) is 0. The molecule has 3 rings (SSSR count). The standard InChI is InChI=1S/C17H15ClO3/c1-2-9-21-10-13-16(11-3-5-12(18)6-4-11)17(13)14(19)7-8-15(17)20/h1,3-6,13,16H,7-10H2/t13-,16-/m0/s1. The van der Waals surface area contributed by atoms with Gasteiger partial charge in [-0.25, -0.2) is 0 Å². The van der Waals surface area contributed by atoms with Gasteiger partial charge in [0.25, 0.3) is 0 Å². The van der Waals surface area contributed by atoms with E-state index in [9.17, 15) is 9.59 Å². The fourth-order valence-electron chi connectivity index (χ4n) is 3.65. The van der Waals surface area contributed by atoms with Crippen molar-refractivity contribution in [2.75, 3.05) is 13.2 Å². The Kier molecular flexibility index (Phi) is 3.61. The van der Waals surface area contributed by atoms with E-state index in [0.29, 0.717) is 24.5 Å². The number of Topliss-reactive ketones (excluding diaryl/α,β-unsaturated/α-hetero) is 2. The largest absolute Gasteiger partial charge is 0.368 e. The predicted octanol–water partition coefficient (Wildman–Crippen LogP) is 2.62. The molecular formula is C17H15ClO3. The van der Waals surface area contributed by atoms with E-state index in [0.717, 1.165) is 5.56 Å². The average molecular weight is 303 g/mol. The molecule has 3 nitrogen and oxygen atoms in total. The molecule has 108 valence electrons. The van der Waals surface area contributed by atoms with Gasteiger partial charge in [-0.15, -0.1) is 6.42 Å². The van der Waals surface area contributed by atoms with E-state index >= 15 is 0 Å². The number of halogens is 1. The number of carbonyl (C=O) groups is 2. The molecule has 2 atom stereocenters. The van der Waals surface area contributed by atoms with Crippen LogP contribution in [0.15, 0.2) is 24.3 Å². The Bertz CT molecular complexity index is 610. The zero-order chi connectivity index (χ0) is 15.0. The molecule has 0 amide bonds. The molecule has 2 fully saturated rings. The quantitative estimate of drug-likeness (QED) is 0.488. The van der Waals surface area contributed by atoms with Crippen LogP contribution in [-0.2, 0) is 14.3 Å². The molecule has 4 heteroatoms. The van der Waals surface area contributed by atoms with Crippen LogP contribution in [0.3, 0.4) is 0 Å². The minimum Gasteiger partial charge on any atom is -0.368 e. The van der Waals surface area contributed by atoms with Gasteiger partial charge in [-0.2, -0.15) is 0 Å². The smallest absolute Gasteiger partial charge is 0.147 e. The van der Waals surface area contributed by atoms with Crippen LogP contribution in [0, 0.1) is 23.7 Å². The molecule has 2 saturated carbocycles. The van der Waals surface area contributed by atoms with Crippen LogP contribution in [0.4, 0.5) is 0 Å². The molecular weight excluding hydrogens is 288 g/mol. The Balaban J connectivity index is 1.90. The maximum Gasteiger partial charge on any atom is 0.147 e. The SMILES string of the molecule is C#CCOC[C@H]1[C@H](c2ccc(Cl)cc2)C12C(=O)CCC2=O. The summed E-state index contributed by atoms with van der Waals surface area (Å²) < 4.78 is 5.40. The first-order valence-corrected chi connectivity index (χ1v) is 7.33. The van der Waals surface area contributed by atoms with E-state index in [-0.39, 0.29) is 30.0 Å². The average Bonchev–Trinajstić information content (AvgIpc) is 3.06. The van der Waals surface area contributed by atoms with Crippen LogP contribution in [0.1, 0.15) is 24.3 Å². The number of terminal acetylenes is 1. The molecule has 2 aliphatic carbocycles. The third kappa shape index (κ3) is 2.10. The fraction of sp³-hybridized carbons (Fsp3) is 0.412. The fourth-order valence-corrected chi connectivity index (χ4v) is 3.78. The van der Waals surface area contributed by atoms with Crippen molar-refractivity contribution in [3.63, 3.8) is 0 Å². The van der Waals surface area contributed by atoms with Crippen molar-refractivity contribution >= 4 is 23.2 Å². The lowest BCUT2D eigenvalue weighted by molar-refractivity contribution is -0.130. The summed E-state index contributed by atoms with van der Waals surface area (Å²) in [6.07, 6.45) is 5.86. The van der Waals surface area contributed by atoms with Gasteiger partial charge in [0.15, 0.2) is 0 Å². The van der Waals surface area contributed by atoms with E-state index < -0.39 is 5.41 Å². The van der Waals surface area contributed by atoms with E-state index in [1.54, 1.807) is 12.1 Å². The van der Waals surface area contributed by atoms with Crippen molar-refractivity contribution in [3.8, 4) is 12.3 Å². The molecule has 1 aromatic rings. The number of ether oxygens (including phenoxy) is 1. The highest BCUT2D eigenvalue weighted by Crippen LogP contribution is 2.69. The summed E-state index contributed by atoms with van der Waals surface area (Å²) in [6.45, 7) is 0.539. The van der Waals surface area contributed by atoms with Gasteiger partial charge < -0.3 is 4.74 Å². The first kappa shape index (κ1) is 14.3. The highest BCUT2D eigenvalue weighted by molar-refractivity contribution is 6.30. The lowest BCUT2D eigenvalue weighted by Crippen LogP contribution is -2.21. The predicted molar refractivity (Wildman–Crippen MR) is 79.0 cm³/mol. The maximum atomic E-state index is 12.3. The van der Waals surface area contributed by atoms with Crippen molar-refractivity contribution in [1.29, 1.82) is 0 Å². The molecule has 2 aliphatic rings. The topological polar surface area (TPSA) is 43.4 Å². The highest BCUT2D eigenvalue weighted by atomic mass is 35.5. The van der Waals surface area contributed by atoms with Crippen LogP contribution in [0.5, 0.6) is 0 Å². The molecule has 1 aromatic carbocycles. The van der Waals surface area contributed by atoms with E-state index in [4.69, 9.17) is 22.8 Å². The van der Waals surface area contributed by atoms with E-state index in [2.05, 4.69) is 5.92 Å². The van der Waals surface area contributed by atoms with Crippen molar-refractivity contribution in [2.45, 2.75) is 18.8 Å². The third-order valence-electron chi connectivity index (χ3n) is 4.58. The summed E-state index contributed by atoms with van der Waals surface area (Å²) in [5.74, 6) is 2.29. The van der Waals surface area contributed by atoms with E-state index in [1.165, 1.54) is 0 Å². The summed E-state index contributed by atoms with van der Waals surface area (Å²) in [5.41, 5.74) is 0.0971. The Hall–Kier alpha value is -1.63. The van der Waals surface area contributed by atoms with Gasteiger partial charge in [-0.1, -0.05) is 29.7 Å². The van der Waals surface area contributed by atoms with Crippen LogP contribution in [0.2, 0.25) is 5.02 Å². The molecule has 0 radical (unpaired) electrons. The molecule has 1 spiro atoms. The zero-order valence-corrected chi connectivity index (χ0v) is 12.2. The summed E-state index contributed by atoms with van der Waals surface area (Å²) in [6, 6.07) is 7.34.